The minimum absolute atomic E-state index is 0.0229. The summed E-state index contributed by atoms with van der Waals surface area (Å²) in [6.07, 6.45) is 1.71. The fourth-order valence-corrected chi connectivity index (χ4v) is 1.82. The smallest absolute Gasteiger partial charge is 0.119 e. The number of quaternary nitrogens is 1. The average Bonchev–Trinajstić information content (AvgIpc) is 2.29. The highest BCUT2D eigenvalue weighted by Crippen LogP contribution is 2.12. The molecule has 1 rings (SSSR count). The first-order chi connectivity index (χ1) is 8.65. The number of hydrogen-bond acceptors (Lipinski definition) is 3. The lowest BCUT2D eigenvalue weighted by atomic mass is 10.2. The molecule has 0 radical (unpaired) electrons. The van der Waals surface area contributed by atoms with Crippen molar-refractivity contribution in [2.45, 2.75) is 13.5 Å². The van der Waals surface area contributed by atoms with Crippen LogP contribution in [-0.2, 0) is 11.3 Å². The van der Waals surface area contributed by atoms with E-state index in [2.05, 4.69) is 6.58 Å². The van der Waals surface area contributed by atoms with Gasteiger partial charge in [0.25, 0.3) is 0 Å². The summed E-state index contributed by atoms with van der Waals surface area (Å²) in [7, 11) is 0. The molecule has 0 bridgehead atoms. The molecular weight excluding hydrogens is 230 g/mol. The van der Waals surface area contributed by atoms with Crippen LogP contribution in [0.25, 0.3) is 0 Å². The van der Waals surface area contributed by atoms with Crippen LogP contribution in [0.4, 0.5) is 0 Å². The number of benzene rings is 1. The maximum absolute atomic E-state index is 10.7. The van der Waals surface area contributed by atoms with E-state index in [-0.39, 0.29) is 6.54 Å². The van der Waals surface area contributed by atoms with Gasteiger partial charge in [0, 0.05) is 5.56 Å². The summed E-state index contributed by atoms with van der Waals surface area (Å²) in [5.74, 6) is -0.241. The molecule has 4 nitrogen and oxygen atoms in total. The van der Waals surface area contributed by atoms with Crippen molar-refractivity contribution in [3.8, 4) is 5.75 Å². The summed E-state index contributed by atoms with van der Waals surface area (Å²) in [6.45, 7) is 7.36. The van der Waals surface area contributed by atoms with Crippen molar-refractivity contribution in [1.82, 2.24) is 0 Å². The standard InChI is InChI=1S/C14H19NO3/c1-3-8-15(11-14(16)17)10-12-6-5-7-13(9-12)18-4-2/h3,5-7,9H,1,4,8,10-11H2,2H3,(H,16,17). The van der Waals surface area contributed by atoms with E-state index in [1.807, 2.05) is 31.2 Å². The Hall–Kier alpha value is -1.81. The normalized spacial score (nSPS) is 11.8. The number of carbonyl (C=O) groups is 1. The van der Waals surface area contributed by atoms with Gasteiger partial charge in [-0.25, -0.2) is 0 Å². The minimum atomic E-state index is -1.05. The van der Waals surface area contributed by atoms with E-state index >= 15 is 0 Å². The van der Waals surface area contributed by atoms with Crippen LogP contribution in [0, 0.1) is 0 Å². The molecule has 1 aromatic rings. The molecule has 0 fully saturated rings. The van der Waals surface area contributed by atoms with Crippen LogP contribution in [-0.4, -0.2) is 25.7 Å². The van der Waals surface area contributed by atoms with Gasteiger partial charge in [-0.3, -0.25) is 0 Å². The van der Waals surface area contributed by atoms with Crippen LogP contribution in [0.2, 0.25) is 0 Å². The summed E-state index contributed by atoms with van der Waals surface area (Å²) < 4.78 is 5.41. The van der Waals surface area contributed by atoms with E-state index < -0.39 is 5.97 Å². The van der Waals surface area contributed by atoms with Crippen LogP contribution >= 0.6 is 0 Å². The summed E-state index contributed by atoms with van der Waals surface area (Å²) in [4.78, 5) is 11.5. The predicted molar refractivity (Wildman–Crippen MR) is 67.2 cm³/mol. The summed E-state index contributed by atoms with van der Waals surface area (Å²) in [6, 6.07) is 7.69. The van der Waals surface area contributed by atoms with Gasteiger partial charge in [-0.05, 0) is 25.1 Å². The maximum Gasteiger partial charge on any atom is 0.119 e. The van der Waals surface area contributed by atoms with Crippen molar-refractivity contribution in [2.24, 2.45) is 0 Å². The van der Waals surface area contributed by atoms with Gasteiger partial charge in [0.1, 0.15) is 18.8 Å². The summed E-state index contributed by atoms with van der Waals surface area (Å²) in [5.41, 5.74) is 1.04. The Balaban J connectivity index is 2.69. The molecule has 0 spiro atoms. The SMILES string of the molecule is C=CC[NH+](CC(=O)[O-])Cc1cccc(OCC)c1. The van der Waals surface area contributed by atoms with Crippen molar-refractivity contribution in [3.05, 3.63) is 42.5 Å². The highest BCUT2D eigenvalue weighted by atomic mass is 16.5. The van der Waals surface area contributed by atoms with Gasteiger partial charge in [-0.2, -0.15) is 0 Å². The van der Waals surface area contributed by atoms with Crippen LogP contribution in [0.5, 0.6) is 5.75 Å². The number of aliphatic carboxylic acids is 1. The third-order valence-electron chi connectivity index (χ3n) is 2.49. The Morgan fingerprint density at radius 2 is 2.33 bits per heavy atom. The monoisotopic (exact) mass is 249 g/mol. The Morgan fingerprint density at radius 3 is 2.94 bits per heavy atom. The highest BCUT2D eigenvalue weighted by molar-refractivity contribution is 5.65. The van der Waals surface area contributed by atoms with Gasteiger partial charge in [-0.1, -0.05) is 18.7 Å². The number of carbonyl (C=O) groups excluding carboxylic acids is 1. The minimum Gasteiger partial charge on any atom is -0.544 e. The first-order valence-electron chi connectivity index (χ1n) is 6.01. The topological polar surface area (TPSA) is 53.8 Å². The molecule has 4 heteroatoms. The fraction of sp³-hybridized carbons (Fsp3) is 0.357. The molecule has 1 aromatic carbocycles. The number of ether oxygens (including phenoxy) is 1. The lowest BCUT2D eigenvalue weighted by molar-refractivity contribution is -0.902. The summed E-state index contributed by atoms with van der Waals surface area (Å²) >= 11 is 0. The van der Waals surface area contributed by atoms with E-state index in [0.717, 1.165) is 16.2 Å². The van der Waals surface area contributed by atoms with Crippen LogP contribution in [0.3, 0.4) is 0 Å². The zero-order valence-electron chi connectivity index (χ0n) is 10.6. The molecule has 0 amide bonds. The molecule has 18 heavy (non-hydrogen) atoms. The van der Waals surface area contributed by atoms with E-state index in [1.54, 1.807) is 6.08 Å². The fourth-order valence-electron chi connectivity index (χ4n) is 1.82. The molecule has 1 unspecified atom stereocenters. The van der Waals surface area contributed by atoms with Crippen molar-refractivity contribution in [3.63, 3.8) is 0 Å². The zero-order valence-corrected chi connectivity index (χ0v) is 10.6. The van der Waals surface area contributed by atoms with Crippen LogP contribution in [0.15, 0.2) is 36.9 Å². The van der Waals surface area contributed by atoms with Gasteiger partial charge >= 0.3 is 0 Å². The van der Waals surface area contributed by atoms with E-state index in [0.29, 0.717) is 19.7 Å². The average molecular weight is 249 g/mol. The van der Waals surface area contributed by atoms with Crippen molar-refractivity contribution < 1.29 is 19.5 Å². The predicted octanol–water partition coefficient (Wildman–Crippen LogP) is -0.594. The molecule has 0 aliphatic rings. The molecule has 0 saturated heterocycles. The second kappa shape index (κ2) is 7.50. The van der Waals surface area contributed by atoms with Crippen molar-refractivity contribution >= 4 is 5.97 Å². The second-order valence-electron chi connectivity index (χ2n) is 4.05. The first-order valence-corrected chi connectivity index (χ1v) is 6.01. The Bertz CT molecular complexity index is 404. The Labute approximate surface area is 107 Å². The third kappa shape index (κ3) is 5.01. The molecule has 1 N–H and O–H groups in total. The van der Waals surface area contributed by atoms with E-state index in [1.165, 1.54) is 0 Å². The molecule has 1 atom stereocenters. The summed E-state index contributed by atoms with van der Waals surface area (Å²) in [5, 5.41) is 10.7. The van der Waals surface area contributed by atoms with Crippen LogP contribution in [0.1, 0.15) is 12.5 Å². The van der Waals surface area contributed by atoms with Gasteiger partial charge in [0.2, 0.25) is 0 Å². The number of carboxylic acids is 1. The second-order valence-corrected chi connectivity index (χ2v) is 4.05. The maximum atomic E-state index is 10.7. The molecule has 0 saturated carbocycles. The number of hydrogen-bond donors (Lipinski definition) is 1. The van der Waals surface area contributed by atoms with Crippen molar-refractivity contribution in [1.29, 1.82) is 0 Å². The zero-order chi connectivity index (χ0) is 13.4. The Kier molecular flexibility index (Phi) is 5.94. The molecule has 0 heterocycles. The van der Waals surface area contributed by atoms with Crippen LogP contribution < -0.4 is 14.7 Å². The van der Waals surface area contributed by atoms with Gasteiger partial charge in [0.15, 0.2) is 0 Å². The van der Waals surface area contributed by atoms with E-state index in [9.17, 15) is 9.90 Å². The Morgan fingerprint density at radius 1 is 1.56 bits per heavy atom. The lowest BCUT2D eigenvalue weighted by Crippen LogP contribution is -3.11. The molecule has 0 aliphatic carbocycles. The van der Waals surface area contributed by atoms with Gasteiger partial charge in [-0.15, -0.1) is 0 Å². The number of rotatable bonds is 8. The quantitative estimate of drug-likeness (QED) is 0.626. The first kappa shape index (κ1) is 14.3. The van der Waals surface area contributed by atoms with Gasteiger partial charge < -0.3 is 19.5 Å². The number of nitrogens with one attached hydrogen (secondary N) is 1. The molecular formula is C14H19NO3. The molecule has 0 aromatic heterocycles. The molecule has 0 aliphatic heterocycles. The van der Waals surface area contributed by atoms with E-state index in [4.69, 9.17) is 4.74 Å². The molecule has 98 valence electrons. The van der Waals surface area contributed by atoms with Crippen molar-refractivity contribution in [2.75, 3.05) is 19.7 Å². The van der Waals surface area contributed by atoms with Gasteiger partial charge in [0.05, 0.1) is 19.1 Å². The largest absolute Gasteiger partial charge is 0.544 e. The third-order valence-corrected chi connectivity index (χ3v) is 2.49. The number of carboxylic acid groups (broad SMARTS) is 1. The highest BCUT2D eigenvalue weighted by Gasteiger charge is 2.08. The lowest BCUT2D eigenvalue weighted by Gasteiger charge is -2.18.